The molecule has 0 bridgehead atoms. The Kier molecular flexibility index (Phi) is 5.77. The third kappa shape index (κ3) is 3.68. The zero-order chi connectivity index (χ0) is 25.4. The fourth-order valence-corrected chi connectivity index (χ4v) is 4.23. The number of nitrogens with zero attached hydrogens (tertiary/aromatic N) is 3. The number of hydrogen-bond acceptors (Lipinski definition) is 8. The second-order valence-electron chi connectivity index (χ2n) is 7.94. The van der Waals surface area contributed by atoms with Crippen LogP contribution in [0.15, 0.2) is 66.4 Å². The van der Waals surface area contributed by atoms with Crippen molar-refractivity contribution in [3.63, 3.8) is 0 Å². The van der Waals surface area contributed by atoms with E-state index in [1.807, 2.05) is 0 Å². The number of ether oxygens (including phenoxy) is 3. The lowest BCUT2D eigenvalue weighted by Gasteiger charge is -2.22. The van der Waals surface area contributed by atoms with E-state index in [2.05, 4.69) is 15.0 Å². The molecule has 0 saturated carbocycles. The van der Waals surface area contributed by atoms with Gasteiger partial charge in [-0.3, -0.25) is 19.5 Å². The summed E-state index contributed by atoms with van der Waals surface area (Å²) in [5, 5.41) is 11.2. The number of Topliss-reactive ketones (excluding diaryl/α,β-unsaturated/α-hetero) is 1. The number of rotatable bonds is 6. The summed E-state index contributed by atoms with van der Waals surface area (Å²) in [5.41, 5.74) is 1.67. The SMILES string of the molecule is COc1cccc(/C(O)=C2\C(=O)C(=O)N(c3nc4cc(OC)c(OC)cc4[nH]3)C2c2ccccn2)c1. The molecule has 1 aliphatic rings. The van der Waals surface area contributed by atoms with Crippen LogP contribution in [0.4, 0.5) is 5.95 Å². The Bertz CT molecular complexity index is 1470. The first kappa shape index (κ1) is 22.9. The number of ketones is 1. The maximum atomic E-state index is 13.4. The smallest absolute Gasteiger partial charge is 0.302 e. The predicted octanol–water partition coefficient (Wildman–Crippen LogP) is 3.61. The summed E-state index contributed by atoms with van der Waals surface area (Å²) in [4.78, 5) is 39.9. The number of benzene rings is 2. The van der Waals surface area contributed by atoms with Gasteiger partial charge in [-0.1, -0.05) is 18.2 Å². The van der Waals surface area contributed by atoms with Crippen LogP contribution in [0, 0.1) is 0 Å². The highest BCUT2D eigenvalue weighted by molar-refractivity contribution is 6.51. The van der Waals surface area contributed by atoms with Gasteiger partial charge in [-0.25, -0.2) is 4.98 Å². The molecule has 0 radical (unpaired) electrons. The Balaban J connectivity index is 1.71. The van der Waals surface area contributed by atoms with Gasteiger partial charge in [-0.05, 0) is 24.3 Å². The van der Waals surface area contributed by atoms with E-state index >= 15 is 0 Å². The molecular formula is C26H22N4O6. The summed E-state index contributed by atoms with van der Waals surface area (Å²) < 4.78 is 16.0. The molecule has 182 valence electrons. The number of pyridine rings is 1. The molecule has 1 fully saturated rings. The summed E-state index contributed by atoms with van der Waals surface area (Å²) >= 11 is 0. The molecule has 3 heterocycles. The van der Waals surface area contributed by atoms with Crippen LogP contribution >= 0.6 is 0 Å². The van der Waals surface area contributed by atoms with Crippen LogP contribution < -0.4 is 19.1 Å². The van der Waals surface area contributed by atoms with Crippen LogP contribution in [0.25, 0.3) is 16.8 Å². The first-order valence-electron chi connectivity index (χ1n) is 10.9. The molecule has 2 aromatic heterocycles. The maximum absolute atomic E-state index is 13.4. The summed E-state index contributed by atoms with van der Waals surface area (Å²) in [7, 11) is 4.52. The van der Waals surface area contributed by atoms with Gasteiger partial charge < -0.3 is 24.3 Å². The molecule has 2 aromatic carbocycles. The molecule has 1 atom stereocenters. The van der Waals surface area contributed by atoms with Gasteiger partial charge in [0.1, 0.15) is 17.6 Å². The van der Waals surface area contributed by atoms with E-state index in [1.165, 1.54) is 26.2 Å². The number of nitrogens with one attached hydrogen (secondary N) is 1. The van der Waals surface area contributed by atoms with Crippen molar-refractivity contribution in [3.8, 4) is 17.2 Å². The number of aromatic amines is 1. The highest BCUT2D eigenvalue weighted by Gasteiger charge is 2.49. The summed E-state index contributed by atoms with van der Waals surface area (Å²) in [6.07, 6.45) is 1.55. The van der Waals surface area contributed by atoms with Crippen molar-refractivity contribution in [2.24, 2.45) is 0 Å². The van der Waals surface area contributed by atoms with E-state index in [-0.39, 0.29) is 17.3 Å². The number of imidazole rings is 1. The minimum atomic E-state index is -1.03. The fraction of sp³-hybridized carbons (Fsp3) is 0.154. The number of carbonyl (C=O) groups excluding carboxylic acids is 2. The molecule has 10 nitrogen and oxygen atoms in total. The Labute approximate surface area is 205 Å². The van der Waals surface area contributed by atoms with Gasteiger partial charge in [0.15, 0.2) is 11.5 Å². The van der Waals surface area contributed by atoms with E-state index in [4.69, 9.17) is 14.2 Å². The van der Waals surface area contributed by atoms with Gasteiger partial charge >= 0.3 is 5.91 Å². The van der Waals surface area contributed by atoms with Crippen molar-refractivity contribution in [2.45, 2.75) is 6.04 Å². The van der Waals surface area contributed by atoms with E-state index in [9.17, 15) is 14.7 Å². The number of amides is 1. The highest BCUT2D eigenvalue weighted by Crippen LogP contribution is 2.42. The topological polar surface area (TPSA) is 127 Å². The normalized spacial score (nSPS) is 17.0. The van der Waals surface area contributed by atoms with E-state index in [1.54, 1.807) is 60.8 Å². The van der Waals surface area contributed by atoms with Gasteiger partial charge in [0.05, 0.1) is 43.6 Å². The zero-order valence-corrected chi connectivity index (χ0v) is 19.7. The first-order chi connectivity index (χ1) is 17.5. The van der Waals surface area contributed by atoms with Crippen molar-refractivity contribution in [3.05, 3.63) is 77.6 Å². The molecule has 36 heavy (non-hydrogen) atoms. The number of carbonyl (C=O) groups is 2. The quantitative estimate of drug-likeness (QED) is 0.240. The molecule has 0 spiro atoms. The van der Waals surface area contributed by atoms with Gasteiger partial charge in [-0.2, -0.15) is 0 Å². The van der Waals surface area contributed by atoms with E-state index in [0.29, 0.717) is 39.5 Å². The highest BCUT2D eigenvalue weighted by atomic mass is 16.5. The second kappa shape index (κ2) is 9.06. The lowest BCUT2D eigenvalue weighted by molar-refractivity contribution is -0.132. The lowest BCUT2D eigenvalue weighted by atomic mass is 9.98. The lowest BCUT2D eigenvalue weighted by Crippen LogP contribution is -2.30. The van der Waals surface area contributed by atoms with Crippen molar-refractivity contribution in [1.82, 2.24) is 15.0 Å². The van der Waals surface area contributed by atoms with Crippen LogP contribution in [-0.2, 0) is 9.59 Å². The average molecular weight is 486 g/mol. The zero-order valence-electron chi connectivity index (χ0n) is 19.7. The van der Waals surface area contributed by atoms with Crippen LogP contribution in [0.5, 0.6) is 17.2 Å². The molecular weight excluding hydrogens is 464 g/mol. The number of hydrogen-bond donors (Lipinski definition) is 2. The molecule has 4 aromatic rings. The van der Waals surface area contributed by atoms with E-state index in [0.717, 1.165) is 0 Å². The van der Waals surface area contributed by atoms with Crippen molar-refractivity contribution in [2.75, 3.05) is 26.2 Å². The molecule has 10 heteroatoms. The third-order valence-corrected chi connectivity index (χ3v) is 5.96. The fourth-order valence-electron chi connectivity index (χ4n) is 4.23. The molecule has 1 aliphatic heterocycles. The molecule has 1 saturated heterocycles. The number of H-pyrrole nitrogens is 1. The Morgan fingerprint density at radius 2 is 1.75 bits per heavy atom. The Morgan fingerprint density at radius 1 is 0.972 bits per heavy atom. The van der Waals surface area contributed by atoms with Gasteiger partial charge in [0.25, 0.3) is 5.78 Å². The average Bonchev–Trinajstić information content (AvgIpc) is 3.45. The number of aliphatic hydroxyl groups is 1. The largest absolute Gasteiger partial charge is 0.507 e. The van der Waals surface area contributed by atoms with E-state index < -0.39 is 17.7 Å². The number of anilines is 1. The van der Waals surface area contributed by atoms with Gasteiger partial charge in [-0.15, -0.1) is 0 Å². The molecule has 0 aliphatic carbocycles. The summed E-state index contributed by atoms with van der Waals surface area (Å²) in [5.74, 6) is -0.518. The van der Waals surface area contributed by atoms with Gasteiger partial charge in [0, 0.05) is 23.9 Å². The molecule has 2 N–H and O–H groups in total. The maximum Gasteiger partial charge on any atom is 0.302 e. The first-order valence-corrected chi connectivity index (χ1v) is 10.9. The minimum absolute atomic E-state index is 0.109. The van der Waals surface area contributed by atoms with Crippen LogP contribution in [-0.4, -0.2) is 53.1 Å². The summed E-state index contributed by atoms with van der Waals surface area (Å²) in [6, 6.07) is 14.1. The van der Waals surface area contributed by atoms with Crippen molar-refractivity contribution >= 4 is 34.4 Å². The number of aromatic nitrogens is 3. The molecule has 1 unspecified atom stereocenters. The third-order valence-electron chi connectivity index (χ3n) is 5.96. The van der Waals surface area contributed by atoms with Crippen LogP contribution in [0.3, 0.4) is 0 Å². The Morgan fingerprint density at radius 3 is 2.44 bits per heavy atom. The van der Waals surface area contributed by atoms with Crippen molar-refractivity contribution in [1.29, 1.82) is 0 Å². The van der Waals surface area contributed by atoms with Gasteiger partial charge in [0.2, 0.25) is 5.95 Å². The number of fused-ring (bicyclic) bond motifs is 1. The Hall–Kier alpha value is -4.86. The van der Waals surface area contributed by atoms with Crippen LogP contribution in [0.2, 0.25) is 0 Å². The van der Waals surface area contributed by atoms with Crippen molar-refractivity contribution < 1.29 is 28.9 Å². The minimum Gasteiger partial charge on any atom is -0.507 e. The predicted molar refractivity (Wildman–Crippen MR) is 131 cm³/mol. The molecule has 1 amide bonds. The standard InChI is InChI=1S/C26H22N4O6/c1-34-15-8-6-7-14(11-15)23(31)21-22(16-9-4-5-10-27-16)30(25(33)24(21)32)26-28-17-12-19(35-2)20(36-3)13-18(17)29-26/h4-13,22,31H,1-3H3,(H,28,29)/b23-21+. The number of methoxy groups -OCH3 is 3. The summed E-state index contributed by atoms with van der Waals surface area (Å²) in [6.45, 7) is 0. The molecule has 5 rings (SSSR count). The second-order valence-corrected chi connectivity index (χ2v) is 7.94. The van der Waals surface area contributed by atoms with Crippen LogP contribution in [0.1, 0.15) is 17.3 Å². The monoisotopic (exact) mass is 486 g/mol. The number of aliphatic hydroxyl groups excluding tert-OH is 1.